The van der Waals surface area contributed by atoms with Crippen LogP contribution < -0.4 is 24.8 Å². The van der Waals surface area contributed by atoms with E-state index in [0.717, 1.165) is 6.42 Å². The van der Waals surface area contributed by atoms with Gasteiger partial charge in [0.1, 0.15) is 0 Å². The minimum atomic E-state index is 0. The van der Waals surface area contributed by atoms with E-state index < -0.39 is 0 Å². The van der Waals surface area contributed by atoms with Crippen molar-refractivity contribution in [3.8, 4) is 0 Å². The van der Waals surface area contributed by atoms with Gasteiger partial charge in [-0.1, -0.05) is 89.3 Å². The largest absolute Gasteiger partial charge is 1.00 e. The first-order valence-corrected chi connectivity index (χ1v) is 17.2. The first kappa shape index (κ1) is 38.3. The number of hydrogen-bond acceptors (Lipinski definition) is 0. The summed E-state index contributed by atoms with van der Waals surface area (Å²) < 4.78 is 1.46. The summed E-state index contributed by atoms with van der Waals surface area (Å²) >= 11 is 1.51. The Bertz CT molecular complexity index is 1800. The van der Waals surface area contributed by atoms with Crippen LogP contribution >= 0.6 is 0 Å². The molecule has 0 saturated carbocycles. The molecular weight excluding hydrogens is 679 g/mol. The Labute approximate surface area is 305 Å². The summed E-state index contributed by atoms with van der Waals surface area (Å²) in [5.74, 6) is 0. The standard InChI is InChI=1S/C25H25.C9H13.C9H10.2ClH.Zr/c1-14-12-24(3,4)22-8-16-7-17-9-23-19(15(2)13-25(23,5)6)11-21(17)20(16)10-18(14)22;1-9(2,3)8-6-4-5-7-8;1-3-9-6-4-8(2)5-7-9;;;/h7-13H,1-6H3;6-7H,4H2,1-3H3;4-7H,1-2H3;2*1H;/q2*-1;;;;+2/p-2. The van der Waals surface area contributed by atoms with Gasteiger partial charge in [-0.05, 0) is 36.1 Å². The molecule has 4 aromatic carbocycles. The van der Waals surface area contributed by atoms with Gasteiger partial charge in [-0.15, -0.1) is 46.2 Å². The van der Waals surface area contributed by atoms with Crippen LogP contribution in [0.5, 0.6) is 0 Å². The number of rotatable bonds is 1. The molecule has 3 aliphatic rings. The fourth-order valence-electron chi connectivity index (χ4n) is 6.94. The van der Waals surface area contributed by atoms with E-state index in [1.54, 1.807) is 0 Å². The molecule has 0 radical (unpaired) electrons. The van der Waals surface area contributed by atoms with Gasteiger partial charge in [-0.25, -0.2) is 6.08 Å². The molecule has 0 aliphatic heterocycles. The maximum Gasteiger partial charge on any atom is -1.00 e. The predicted molar refractivity (Wildman–Crippen MR) is 191 cm³/mol. The van der Waals surface area contributed by atoms with Crippen LogP contribution in [0.15, 0.2) is 84.5 Å². The minimum Gasteiger partial charge on any atom is -1.00 e. The normalized spacial score (nSPS) is 16.5. The molecule has 46 heavy (non-hydrogen) atoms. The van der Waals surface area contributed by atoms with Gasteiger partial charge in [0.25, 0.3) is 0 Å². The van der Waals surface area contributed by atoms with Crippen LogP contribution in [-0.4, -0.2) is 3.21 Å². The van der Waals surface area contributed by atoms with Gasteiger partial charge in [0.2, 0.25) is 0 Å². The molecule has 3 heteroatoms. The van der Waals surface area contributed by atoms with Crippen LogP contribution in [0.25, 0.3) is 32.7 Å². The first-order valence-electron chi connectivity index (χ1n) is 16.0. The summed E-state index contributed by atoms with van der Waals surface area (Å²) in [5, 5.41) is 5.57. The Morgan fingerprint density at radius 1 is 0.761 bits per heavy atom. The second kappa shape index (κ2) is 14.1. The summed E-state index contributed by atoms with van der Waals surface area (Å²) in [4.78, 5) is 0. The molecule has 0 atom stereocenters. The fourth-order valence-corrected chi connectivity index (χ4v) is 7.35. The van der Waals surface area contributed by atoms with E-state index in [1.807, 2.05) is 0 Å². The molecule has 4 aromatic rings. The van der Waals surface area contributed by atoms with E-state index >= 15 is 0 Å². The Balaban J connectivity index is 0.000000228. The summed E-state index contributed by atoms with van der Waals surface area (Å²) in [6.45, 7) is 24.7. The summed E-state index contributed by atoms with van der Waals surface area (Å²) in [6, 6.07) is 20.8. The third-order valence-corrected chi connectivity index (χ3v) is 10.1. The third kappa shape index (κ3) is 7.75. The van der Waals surface area contributed by atoms with E-state index in [2.05, 4.69) is 161 Å². The van der Waals surface area contributed by atoms with Crippen molar-refractivity contribution in [1.29, 1.82) is 0 Å². The maximum absolute atomic E-state index is 3.16. The van der Waals surface area contributed by atoms with Crippen molar-refractivity contribution in [2.24, 2.45) is 5.41 Å². The average molecular weight is 727 g/mol. The quantitative estimate of drug-likeness (QED) is 0.214. The predicted octanol–water partition coefficient (Wildman–Crippen LogP) is 5.91. The minimum absolute atomic E-state index is 0. The number of allylic oxidation sites excluding steroid dienone is 8. The van der Waals surface area contributed by atoms with Gasteiger partial charge in [0, 0.05) is 10.8 Å². The number of halogens is 2. The van der Waals surface area contributed by atoms with Gasteiger partial charge >= 0.3 is 76.7 Å². The van der Waals surface area contributed by atoms with Gasteiger partial charge in [0.05, 0.1) is 0 Å². The SMILES string of the molecule is CC(C)(C)C1=CC[C-]=C1.CC1=CC(C)(C)c2cc3[cH-]c4cc5c(cc4c3cc21)C(C)=CC5(C)C.C[C](=[Zr+2])c1ccc(C)cc1.[Cl-].[Cl-]. The topological polar surface area (TPSA) is 0 Å². The Morgan fingerprint density at radius 3 is 1.57 bits per heavy atom. The van der Waals surface area contributed by atoms with Crippen molar-refractivity contribution in [2.75, 3.05) is 0 Å². The molecule has 0 bridgehead atoms. The van der Waals surface area contributed by atoms with E-state index in [9.17, 15) is 0 Å². The smallest absolute Gasteiger partial charge is 1.00 e. The van der Waals surface area contributed by atoms with Crippen LogP contribution in [0.3, 0.4) is 0 Å². The molecule has 0 spiro atoms. The number of fused-ring (bicyclic) bond motifs is 5. The maximum atomic E-state index is 3.16. The van der Waals surface area contributed by atoms with Crippen molar-refractivity contribution >= 4 is 35.9 Å². The van der Waals surface area contributed by atoms with Crippen LogP contribution in [0, 0.1) is 18.4 Å². The van der Waals surface area contributed by atoms with Crippen molar-refractivity contribution in [2.45, 2.75) is 93.4 Å². The molecule has 0 N–H and O–H groups in total. The van der Waals surface area contributed by atoms with E-state index in [-0.39, 0.29) is 35.6 Å². The zero-order valence-corrected chi connectivity index (χ0v) is 33.4. The van der Waals surface area contributed by atoms with Crippen molar-refractivity contribution < 1.29 is 49.0 Å². The fraction of sp³-hybridized carbons (Fsp3) is 0.349. The molecule has 0 nitrogen and oxygen atoms in total. The summed E-state index contributed by atoms with van der Waals surface area (Å²) in [5.41, 5.74) is 13.4. The molecule has 0 aromatic heterocycles. The van der Waals surface area contributed by atoms with Gasteiger partial charge in [-0.2, -0.15) is 11.6 Å². The van der Waals surface area contributed by atoms with Crippen LogP contribution in [0.1, 0.15) is 109 Å². The number of aryl methyl sites for hydroxylation is 1. The molecule has 7 rings (SSSR count). The Morgan fingerprint density at radius 2 is 1.22 bits per heavy atom. The van der Waals surface area contributed by atoms with Gasteiger partial charge < -0.3 is 24.8 Å². The molecular formula is C43H48Cl2Zr-2. The van der Waals surface area contributed by atoms with Gasteiger partial charge in [-0.3, -0.25) is 6.08 Å². The molecule has 0 amide bonds. The van der Waals surface area contributed by atoms with E-state index in [4.69, 9.17) is 0 Å². The monoisotopic (exact) mass is 724 g/mol. The number of hydrogen-bond donors (Lipinski definition) is 0. The number of benzene rings is 3. The Hall–Kier alpha value is -2.18. The Kier molecular flexibility index (Phi) is 11.8. The van der Waals surface area contributed by atoms with Gasteiger partial charge in [0.15, 0.2) is 0 Å². The van der Waals surface area contributed by atoms with Crippen LogP contribution in [-0.2, 0) is 35.1 Å². The van der Waals surface area contributed by atoms with E-state index in [1.165, 1.54) is 99.1 Å². The molecule has 0 saturated heterocycles. The van der Waals surface area contributed by atoms with E-state index in [0.29, 0.717) is 5.41 Å². The summed E-state index contributed by atoms with van der Waals surface area (Å²) in [7, 11) is 0. The molecule has 0 heterocycles. The second-order valence-electron chi connectivity index (χ2n) is 15.2. The second-order valence-corrected chi connectivity index (χ2v) is 17.0. The molecule has 0 fully saturated rings. The summed E-state index contributed by atoms with van der Waals surface area (Å²) in [6.07, 6.45) is 13.3. The van der Waals surface area contributed by atoms with Crippen LogP contribution in [0.4, 0.5) is 0 Å². The zero-order valence-electron chi connectivity index (χ0n) is 29.5. The van der Waals surface area contributed by atoms with Crippen molar-refractivity contribution in [1.82, 2.24) is 0 Å². The van der Waals surface area contributed by atoms with Crippen molar-refractivity contribution in [3.63, 3.8) is 0 Å². The zero-order chi connectivity index (χ0) is 32.2. The average Bonchev–Trinajstić information content (AvgIpc) is 3.68. The third-order valence-electron chi connectivity index (χ3n) is 9.42. The van der Waals surface area contributed by atoms with Crippen LogP contribution in [0.2, 0.25) is 0 Å². The molecule has 0 unspecified atom stereocenters. The molecule has 3 aliphatic carbocycles. The first-order chi connectivity index (χ1) is 20.5. The van der Waals surface area contributed by atoms with Crippen molar-refractivity contribution in [3.05, 3.63) is 124 Å². The molecule has 240 valence electrons.